The molecule has 1 saturated heterocycles. The van der Waals surface area contributed by atoms with Crippen molar-refractivity contribution in [2.24, 2.45) is 5.92 Å². The van der Waals surface area contributed by atoms with Crippen molar-refractivity contribution in [1.82, 2.24) is 5.32 Å². The average molecular weight is 265 g/mol. The Kier molecular flexibility index (Phi) is 4.81. The lowest BCUT2D eigenvalue weighted by atomic mass is 9.86. The van der Waals surface area contributed by atoms with Gasteiger partial charge in [-0.05, 0) is 44.6 Å². The van der Waals surface area contributed by atoms with Gasteiger partial charge in [0.05, 0.1) is 5.60 Å². The van der Waals surface area contributed by atoms with Crippen molar-refractivity contribution in [3.8, 4) is 0 Å². The molecule has 0 bridgehead atoms. The summed E-state index contributed by atoms with van der Waals surface area (Å²) in [7, 11) is 0. The highest BCUT2D eigenvalue weighted by molar-refractivity contribution is 4.93. The second kappa shape index (κ2) is 6.58. The lowest BCUT2D eigenvalue weighted by molar-refractivity contribution is -0.0836. The first-order chi connectivity index (χ1) is 9.36. The summed E-state index contributed by atoms with van der Waals surface area (Å²) in [5, 5.41) is 3.84. The van der Waals surface area contributed by atoms with Crippen molar-refractivity contribution in [3.63, 3.8) is 0 Å². The smallest absolute Gasteiger partial charge is 0.0697 e. The third-order valence-corrected chi connectivity index (χ3v) is 5.72. The number of hydrogen-bond donors (Lipinski definition) is 1. The second-order valence-corrected chi connectivity index (χ2v) is 7.18. The van der Waals surface area contributed by atoms with E-state index in [1.165, 1.54) is 83.6 Å². The Hall–Kier alpha value is -0.0800. The van der Waals surface area contributed by atoms with Crippen molar-refractivity contribution >= 4 is 0 Å². The van der Waals surface area contributed by atoms with Crippen LogP contribution in [0.5, 0.6) is 0 Å². The molecule has 1 atom stereocenters. The van der Waals surface area contributed by atoms with Gasteiger partial charge in [0.2, 0.25) is 0 Å². The zero-order chi connectivity index (χ0) is 13.0. The molecule has 1 spiro atoms. The van der Waals surface area contributed by atoms with E-state index in [2.05, 4.69) is 5.32 Å². The summed E-state index contributed by atoms with van der Waals surface area (Å²) in [6, 6.07) is 0.732. The van der Waals surface area contributed by atoms with Crippen LogP contribution in [0, 0.1) is 5.92 Å². The Morgan fingerprint density at radius 1 is 0.947 bits per heavy atom. The zero-order valence-corrected chi connectivity index (χ0v) is 12.5. The minimum atomic E-state index is 0.279. The number of rotatable bonds is 4. The molecule has 1 N–H and O–H groups in total. The maximum Gasteiger partial charge on any atom is 0.0697 e. The van der Waals surface area contributed by atoms with E-state index < -0.39 is 0 Å². The highest BCUT2D eigenvalue weighted by Crippen LogP contribution is 2.40. The van der Waals surface area contributed by atoms with Gasteiger partial charge in [-0.1, -0.05) is 44.9 Å². The van der Waals surface area contributed by atoms with Crippen molar-refractivity contribution in [2.45, 2.75) is 88.7 Å². The molecule has 0 amide bonds. The van der Waals surface area contributed by atoms with Crippen molar-refractivity contribution in [3.05, 3.63) is 0 Å². The molecule has 2 saturated carbocycles. The van der Waals surface area contributed by atoms with Gasteiger partial charge in [0, 0.05) is 12.6 Å². The summed E-state index contributed by atoms with van der Waals surface area (Å²) in [6.45, 7) is 2.23. The molecule has 1 unspecified atom stereocenters. The molecule has 3 fully saturated rings. The molecular formula is C17H31NO. The van der Waals surface area contributed by atoms with Crippen LogP contribution in [0.25, 0.3) is 0 Å². The standard InChI is InChI=1S/C17H31NO/c1-2-6-15(7-3-1)8-12-18-16-9-13-19-17(14-16)10-4-5-11-17/h15-16,18H,1-14H2. The normalized spacial score (nSPS) is 31.9. The SMILES string of the molecule is C1CCC(CCNC2CCOC3(CCCC3)C2)CC1. The van der Waals surface area contributed by atoms with E-state index in [1.54, 1.807) is 0 Å². The fourth-order valence-electron chi connectivity index (χ4n) is 4.54. The number of hydrogen-bond acceptors (Lipinski definition) is 2. The van der Waals surface area contributed by atoms with E-state index in [0.29, 0.717) is 0 Å². The number of ether oxygens (including phenoxy) is 1. The van der Waals surface area contributed by atoms with Gasteiger partial charge in [-0.15, -0.1) is 0 Å². The first-order valence-electron chi connectivity index (χ1n) is 8.74. The van der Waals surface area contributed by atoms with Crippen LogP contribution in [0.3, 0.4) is 0 Å². The summed E-state index contributed by atoms with van der Waals surface area (Å²) < 4.78 is 6.11. The lowest BCUT2D eigenvalue weighted by Gasteiger charge is -2.39. The quantitative estimate of drug-likeness (QED) is 0.828. The first kappa shape index (κ1) is 13.9. The molecule has 2 aliphatic carbocycles. The predicted octanol–water partition coefficient (Wildman–Crippen LogP) is 4.04. The first-order valence-corrected chi connectivity index (χ1v) is 8.74. The van der Waals surface area contributed by atoms with Crippen molar-refractivity contribution < 1.29 is 4.74 Å². The fourth-order valence-corrected chi connectivity index (χ4v) is 4.54. The van der Waals surface area contributed by atoms with Gasteiger partial charge < -0.3 is 10.1 Å². The van der Waals surface area contributed by atoms with Gasteiger partial charge in [0.1, 0.15) is 0 Å². The summed E-state index contributed by atoms with van der Waals surface area (Å²) in [5.74, 6) is 1.02. The highest BCUT2D eigenvalue weighted by Gasteiger charge is 2.39. The summed E-state index contributed by atoms with van der Waals surface area (Å²) in [6.07, 6.45) is 16.7. The van der Waals surface area contributed by atoms with E-state index in [4.69, 9.17) is 4.74 Å². The Bertz CT molecular complexity index is 266. The third-order valence-electron chi connectivity index (χ3n) is 5.72. The van der Waals surface area contributed by atoms with Crippen molar-refractivity contribution in [1.29, 1.82) is 0 Å². The highest BCUT2D eigenvalue weighted by atomic mass is 16.5. The minimum absolute atomic E-state index is 0.279. The second-order valence-electron chi connectivity index (χ2n) is 7.18. The van der Waals surface area contributed by atoms with Crippen LogP contribution in [0.4, 0.5) is 0 Å². The third kappa shape index (κ3) is 3.72. The molecule has 110 valence electrons. The summed E-state index contributed by atoms with van der Waals surface area (Å²) in [4.78, 5) is 0. The van der Waals surface area contributed by atoms with Gasteiger partial charge in [-0.2, -0.15) is 0 Å². The van der Waals surface area contributed by atoms with Crippen LogP contribution in [-0.2, 0) is 4.74 Å². The van der Waals surface area contributed by atoms with Crippen molar-refractivity contribution in [2.75, 3.05) is 13.2 Å². The molecule has 3 aliphatic rings. The molecule has 1 aliphatic heterocycles. The predicted molar refractivity (Wildman–Crippen MR) is 79.4 cm³/mol. The van der Waals surface area contributed by atoms with Gasteiger partial charge in [-0.25, -0.2) is 0 Å². The van der Waals surface area contributed by atoms with Crippen LogP contribution in [0.15, 0.2) is 0 Å². The van der Waals surface area contributed by atoms with Gasteiger partial charge >= 0.3 is 0 Å². The van der Waals surface area contributed by atoms with E-state index >= 15 is 0 Å². The van der Waals surface area contributed by atoms with Crippen LogP contribution in [-0.4, -0.2) is 24.8 Å². The maximum atomic E-state index is 6.11. The molecule has 2 heteroatoms. The average Bonchev–Trinajstić information content (AvgIpc) is 2.88. The van der Waals surface area contributed by atoms with E-state index in [-0.39, 0.29) is 5.60 Å². The summed E-state index contributed by atoms with van der Waals surface area (Å²) in [5.41, 5.74) is 0.279. The Morgan fingerprint density at radius 3 is 2.53 bits per heavy atom. The van der Waals surface area contributed by atoms with E-state index in [1.807, 2.05) is 0 Å². The molecule has 0 aromatic heterocycles. The molecule has 2 nitrogen and oxygen atoms in total. The lowest BCUT2D eigenvalue weighted by Crippen LogP contribution is -2.46. The topological polar surface area (TPSA) is 21.3 Å². The molecule has 0 radical (unpaired) electrons. The minimum Gasteiger partial charge on any atom is -0.375 e. The van der Waals surface area contributed by atoms with Gasteiger partial charge in [0.25, 0.3) is 0 Å². The van der Waals surface area contributed by atoms with E-state index in [0.717, 1.165) is 18.6 Å². The zero-order valence-electron chi connectivity index (χ0n) is 12.5. The van der Waals surface area contributed by atoms with Crippen LogP contribution >= 0.6 is 0 Å². The van der Waals surface area contributed by atoms with Crippen LogP contribution < -0.4 is 5.32 Å². The Morgan fingerprint density at radius 2 is 1.74 bits per heavy atom. The van der Waals surface area contributed by atoms with Gasteiger partial charge in [-0.3, -0.25) is 0 Å². The van der Waals surface area contributed by atoms with Crippen LogP contribution in [0.1, 0.15) is 77.0 Å². The monoisotopic (exact) mass is 265 g/mol. The summed E-state index contributed by atoms with van der Waals surface area (Å²) >= 11 is 0. The Balaban J connectivity index is 1.37. The largest absolute Gasteiger partial charge is 0.375 e. The number of nitrogens with one attached hydrogen (secondary N) is 1. The molecule has 0 aromatic carbocycles. The molecule has 3 rings (SSSR count). The van der Waals surface area contributed by atoms with Crippen LogP contribution in [0.2, 0.25) is 0 Å². The molecular weight excluding hydrogens is 234 g/mol. The molecule has 0 aromatic rings. The molecule has 1 heterocycles. The van der Waals surface area contributed by atoms with Gasteiger partial charge in [0.15, 0.2) is 0 Å². The fraction of sp³-hybridized carbons (Fsp3) is 1.00. The van der Waals surface area contributed by atoms with E-state index in [9.17, 15) is 0 Å². The molecule has 19 heavy (non-hydrogen) atoms. The Labute approximate surface area is 118 Å². The maximum absolute atomic E-state index is 6.11.